The minimum Gasteiger partial charge on any atom is -0.497 e. The van der Waals surface area contributed by atoms with E-state index in [4.69, 9.17) is 48.5 Å². The van der Waals surface area contributed by atoms with E-state index in [2.05, 4.69) is 80.2 Å². The molecule has 0 aliphatic heterocycles. The van der Waals surface area contributed by atoms with E-state index in [-0.39, 0.29) is 12.4 Å². The second kappa shape index (κ2) is 34.2. The number of hydrogen-bond acceptors (Lipinski definition) is 14. The lowest BCUT2D eigenvalue weighted by Gasteiger charge is -2.13. The molecule has 0 aliphatic carbocycles. The van der Waals surface area contributed by atoms with Gasteiger partial charge in [-0.05, 0) is 127 Å². The first kappa shape index (κ1) is 70.6. The monoisotopic (exact) mass is 1370 g/mol. The van der Waals surface area contributed by atoms with Crippen molar-refractivity contribution >= 4 is 59.9 Å². The van der Waals surface area contributed by atoms with Gasteiger partial charge in [-0.1, -0.05) is 137 Å². The number of para-hydroxylation sites is 8. The molecule has 0 amide bonds. The molecule has 0 atom stereocenters. The third-order valence-electron chi connectivity index (χ3n) is 16.1. The molecule has 5 heterocycles. The van der Waals surface area contributed by atoms with Gasteiger partial charge in [0.05, 0.1) is 69.6 Å². The molecular weight excluding hydrogens is 1290 g/mol. The molecule has 0 bridgehead atoms. The van der Waals surface area contributed by atoms with Crippen LogP contribution in [-0.4, -0.2) is 88.1 Å². The molecule has 0 saturated carbocycles. The zero-order valence-corrected chi connectivity index (χ0v) is 58.2. The van der Waals surface area contributed by atoms with Gasteiger partial charge in [0.15, 0.2) is 16.4 Å². The number of aromatic nitrogens is 10. The van der Waals surface area contributed by atoms with E-state index in [1.807, 2.05) is 193 Å². The summed E-state index contributed by atoms with van der Waals surface area (Å²) in [6.07, 6.45) is 5.60. The Kier molecular flexibility index (Phi) is 23.9. The van der Waals surface area contributed by atoms with E-state index in [9.17, 15) is 13.2 Å². The lowest BCUT2D eigenvalue weighted by Crippen LogP contribution is -2.13. The molecule has 20 nitrogen and oxygen atoms in total. The highest BCUT2D eigenvalue weighted by atomic mass is 32.2. The Morgan fingerprint density at radius 1 is 0.436 bits per heavy atom. The van der Waals surface area contributed by atoms with Crippen molar-refractivity contribution in [2.45, 2.75) is 90.9 Å². The summed E-state index contributed by atoms with van der Waals surface area (Å²) < 4.78 is 69.6. The first-order valence-corrected chi connectivity index (χ1v) is 35.0. The molecule has 0 spiro atoms. The maximum Gasteiger partial charge on any atom is 0.341 e. The number of imidazole rings is 5. The van der Waals surface area contributed by atoms with Crippen molar-refractivity contribution in [3.05, 3.63) is 278 Å². The number of nitrogens with zero attached hydrogens (tertiary/aromatic N) is 10. The van der Waals surface area contributed by atoms with E-state index < -0.39 is 15.8 Å². The van der Waals surface area contributed by atoms with Gasteiger partial charge in [0, 0.05) is 57.3 Å². The van der Waals surface area contributed by atoms with Crippen molar-refractivity contribution in [2.75, 3.05) is 20.8 Å². The summed E-state index contributed by atoms with van der Waals surface area (Å²) in [6.45, 7) is 13.2. The molecule has 0 saturated heterocycles. The van der Waals surface area contributed by atoms with Crippen molar-refractivity contribution in [3.8, 4) is 34.5 Å². The third-order valence-corrected chi connectivity index (χ3v) is 17.8. The lowest BCUT2D eigenvalue weighted by atomic mass is 10.2. The molecule has 14 aromatic rings. The second-order valence-corrected chi connectivity index (χ2v) is 26.5. The van der Waals surface area contributed by atoms with Crippen molar-refractivity contribution in [1.82, 2.24) is 47.8 Å². The molecule has 101 heavy (non-hydrogen) atoms. The summed E-state index contributed by atoms with van der Waals surface area (Å²) in [7, 11) is -0.101. The minimum atomic E-state index is -3.40. The topological polar surface area (TPSA) is 216 Å². The number of ether oxygens (including phenoxy) is 6. The summed E-state index contributed by atoms with van der Waals surface area (Å²) in [5.74, 6) is 7.42. The molecule has 0 radical (unpaired) electrons. The number of carboxylic acid groups (broad SMARTS) is 1. The van der Waals surface area contributed by atoms with Crippen molar-refractivity contribution in [1.29, 1.82) is 0 Å². The Labute approximate surface area is 587 Å². The van der Waals surface area contributed by atoms with Gasteiger partial charge >= 0.3 is 5.97 Å². The molecule has 21 heteroatoms. The van der Waals surface area contributed by atoms with Gasteiger partial charge in [0.25, 0.3) is 0 Å². The van der Waals surface area contributed by atoms with Gasteiger partial charge in [0.1, 0.15) is 83.4 Å². The summed E-state index contributed by atoms with van der Waals surface area (Å²) >= 11 is 0. The SMILES string of the molecule is CC(C)Cn1c(CS(=O)(=O)c2ccccc2)nc2ccccc21.COc1cccc(Cn2c(COc3ccccc3)nc3ccccc32)c1.COc1cccc(OCc2nc3ccc(OCC(=O)O)cc3n2CC(C)C)c1.c1ccc(OCc2nc3ccccc3n2CCn2ccnc2)cc1. The fourth-order valence-electron chi connectivity index (χ4n) is 11.4. The zero-order chi connectivity index (χ0) is 70.5. The van der Waals surface area contributed by atoms with Crippen molar-refractivity contribution in [2.24, 2.45) is 11.8 Å². The van der Waals surface area contributed by atoms with Crippen molar-refractivity contribution < 1.29 is 46.7 Å². The van der Waals surface area contributed by atoms with E-state index >= 15 is 0 Å². The summed E-state index contributed by atoms with van der Waals surface area (Å²) in [6, 6.07) is 73.3. The Hall–Kier alpha value is -11.7. The average Bonchev–Trinajstić information content (AvgIpc) is 1.68. The number of fused-ring (bicyclic) bond motifs is 4. The predicted octanol–water partition coefficient (Wildman–Crippen LogP) is 15.6. The highest BCUT2D eigenvalue weighted by Crippen LogP contribution is 2.28. The summed E-state index contributed by atoms with van der Waals surface area (Å²) in [5, 5.41) is 8.81. The average molecular weight is 1380 g/mol. The van der Waals surface area contributed by atoms with Crippen LogP contribution in [0.25, 0.3) is 44.1 Å². The van der Waals surface area contributed by atoms with Crippen LogP contribution < -0.4 is 28.4 Å². The molecule has 9 aromatic carbocycles. The van der Waals surface area contributed by atoms with Gasteiger partial charge in [-0.25, -0.2) is 38.1 Å². The van der Waals surface area contributed by atoms with E-state index in [0.29, 0.717) is 60.4 Å². The van der Waals surface area contributed by atoms with Gasteiger partial charge in [-0.15, -0.1) is 0 Å². The quantitative estimate of drug-likeness (QED) is 0.0533. The Morgan fingerprint density at radius 3 is 1.44 bits per heavy atom. The van der Waals surface area contributed by atoms with Crippen LogP contribution in [0.4, 0.5) is 0 Å². The minimum absolute atomic E-state index is 0.0849. The maximum absolute atomic E-state index is 12.7. The van der Waals surface area contributed by atoms with E-state index in [1.54, 1.807) is 50.7 Å². The second-order valence-electron chi connectivity index (χ2n) is 24.6. The van der Waals surface area contributed by atoms with Crippen LogP contribution in [0.15, 0.2) is 254 Å². The van der Waals surface area contributed by atoms with Gasteiger partial charge < -0.3 is 56.4 Å². The molecule has 5 aromatic heterocycles. The van der Waals surface area contributed by atoms with Gasteiger partial charge in [-0.2, -0.15) is 0 Å². The lowest BCUT2D eigenvalue weighted by molar-refractivity contribution is -0.139. The number of rotatable bonds is 26. The molecule has 0 aliphatic rings. The molecule has 0 fully saturated rings. The first-order chi connectivity index (χ1) is 49.2. The zero-order valence-electron chi connectivity index (χ0n) is 57.4. The van der Waals surface area contributed by atoms with E-state index in [1.165, 1.54) is 0 Å². The number of sulfone groups is 1. The molecule has 518 valence electrons. The normalized spacial score (nSPS) is 11.2. The smallest absolute Gasteiger partial charge is 0.341 e. The molecule has 14 rings (SSSR count). The number of carboxylic acids is 1. The number of aliphatic carboxylic acids is 1. The van der Waals surface area contributed by atoms with Gasteiger partial charge in [0.2, 0.25) is 0 Å². The van der Waals surface area contributed by atoms with E-state index in [0.717, 1.165) is 116 Å². The van der Waals surface area contributed by atoms with Crippen LogP contribution in [0.2, 0.25) is 0 Å². The van der Waals surface area contributed by atoms with Crippen LogP contribution in [0.3, 0.4) is 0 Å². The number of benzene rings is 9. The highest BCUT2D eigenvalue weighted by molar-refractivity contribution is 7.90. The fraction of sp³-hybridized carbons (Fsp3) is 0.225. The van der Waals surface area contributed by atoms with Crippen molar-refractivity contribution in [3.63, 3.8) is 0 Å². The Bertz CT molecular complexity index is 5080. The fourth-order valence-corrected chi connectivity index (χ4v) is 12.7. The number of aryl methyl sites for hydroxylation is 2. The van der Waals surface area contributed by atoms with Crippen LogP contribution in [0, 0.1) is 11.8 Å². The maximum atomic E-state index is 12.7. The standard InChI is InChI=1S/C22H20N2O2.C21H24N2O5.C19H18N4O.C18H20N2O2S/c1-25-19-11-7-8-17(14-19)15-24-21-13-6-5-12-20(21)23-22(24)16-26-18-9-3-2-4-10-18;1-14(2)11-23-19-10-17(28-13-21(24)25)7-8-18(19)22-20(23)12-27-16-6-4-5-15(9-16)26-3;1-2-6-16(7-3-1)24-14-19-21-17-8-4-5-9-18(17)23(19)13-12-22-11-10-20-15-22;1-14(2)12-20-17-11-7-6-10-16(17)19-18(20)13-23(21,22)15-8-4-3-5-9-15/h2-14H,15-16H2,1H3;4-10,14H,11-13H2,1-3H3,(H,24,25);1-11,15H,12-14H2;3-11,14H,12-13H2,1-2H3. The van der Waals surface area contributed by atoms with Crippen LogP contribution in [0.1, 0.15) is 56.6 Å². The molecular formula is C80H82N10O10S. The van der Waals surface area contributed by atoms with Crippen LogP contribution in [0.5, 0.6) is 34.5 Å². The largest absolute Gasteiger partial charge is 0.497 e. The molecule has 0 unspecified atom stereocenters. The summed E-state index contributed by atoms with van der Waals surface area (Å²) in [5.41, 5.74) is 8.89. The number of hydrogen-bond donors (Lipinski definition) is 1. The first-order valence-electron chi connectivity index (χ1n) is 33.3. The highest BCUT2D eigenvalue weighted by Gasteiger charge is 2.22. The summed E-state index contributed by atoms with van der Waals surface area (Å²) in [4.78, 5) is 34.0. The Balaban J connectivity index is 0.000000136. The van der Waals surface area contributed by atoms with Crippen LogP contribution in [-0.2, 0) is 72.9 Å². The third kappa shape index (κ3) is 19.1. The Morgan fingerprint density at radius 2 is 0.881 bits per heavy atom. The van der Waals surface area contributed by atoms with Gasteiger partial charge in [-0.3, -0.25) is 0 Å². The van der Waals surface area contributed by atoms with Crippen LogP contribution >= 0.6 is 0 Å². The number of carbonyl (C=O) groups is 1. The predicted molar refractivity (Wildman–Crippen MR) is 392 cm³/mol. The molecule has 1 N–H and O–H groups in total. The number of methoxy groups -OCH3 is 2.